The van der Waals surface area contributed by atoms with Crippen LogP contribution in [-0.2, 0) is 9.68 Å². The lowest BCUT2D eigenvalue weighted by molar-refractivity contribution is 0.00175. The number of hydrogen-bond acceptors (Lipinski definition) is 5. The summed E-state index contributed by atoms with van der Waals surface area (Å²) in [5, 5.41) is 8.83. The topological polar surface area (TPSA) is 76.7 Å². The van der Waals surface area contributed by atoms with Crippen LogP contribution in [0.5, 0.6) is 0 Å². The Balaban J connectivity index is -0.000000320. The second-order valence-corrected chi connectivity index (χ2v) is 1.54. The van der Waals surface area contributed by atoms with E-state index >= 15 is 0 Å². The molecule has 0 aromatic carbocycles. The van der Waals surface area contributed by atoms with E-state index in [9.17, 15) is 0 Å². The third kappa shape index (κ3) is 13.4. The lowest BCUT2D eigenvalue weighted by Gasteiger charge is -2.07. The Hall–Kier alpha value is 0.380. The summed E-state index contributed by atoms with van der Waals surface area (Å²) >= 11 is 0. The van der Waals surface area contributed by atoms with Crippen LogP contribution in [-0.4, -0.2) is 31.5 Å². The standard InChI is InChI=1S/C4H12N2O3.2ClH/c1-8-6-2-4(7)3-9-5;;/h4,6-7H,2-3,5H2,1H3;2*1H. The fraction of sp³-hybridized carbons (Fsp3) is 1.00. The van der Waals surface area contributed by atoms with E-state index in [4.69, 9.17) is 5.11 Å². The number of aliphatic hydroxyl groups is 1. The largest absolute Gasteiger partial charge is 0.389 e. The van der Waals surface area contributed by atoms with Gasteiger partial charge in [0, 0.05) is 6.54 Å². The minimum absolute atomic E-state index is 0. The number of nitrogens with one attached hydrogen (secondary N) is 1. The third-order valence-corrected chi connectivity index (χ3v) is 0.752. The van der Waals surface area contributed by atoms with E-state index in [1.807, 2.05) is 0 Å². The molecule has 5 nitrogen and oxygen atoms in total. The van der Waals surface area contributed by atoms with Crippen molar-refractivity contribution in [3.8, 4) is 0 Å². The first-order chi connectivity index (χ1) is 4.31. The van der Waals surface area contributed by atoms with Gasteiger partial charge in [0.1, 0.15) is 0 Å². The molecule has 0 heterocycles. The lowest BCUT2D eigenvalue weighted by Crippen LogP contribution is -2.30. The molecule has 0 spiro atoms. The molecule has 0 rings (SSSR count). The first-order valence-electron chi connectivity index (χ1n) is 2.56. The predicted molar refractivity (Wildman–Crippen MR) is 45.7 cm³/mol. The summed E-state index contributed by atoms with van der Waals surface area (Å²) < 4.78 is 0. The molecule has 0 aliphatic rings. The SMILES string of the molecule is CONCC(O)CON.Cl.Cl. The van der Waals surface area contributed by atoms with E-state index in [0.717, 1.165) is 0 Å². The average Bonchev–Trinajstić information content (AvgIpc) is 1.85. The molecule has 0 fully saturated rings. The fourth-order valence-electron chi connectivity index (χ4n) is 0.350. The monoisotopic (exact) mass is 208 g/mol. The van der Waals surface area contributed by atoms with Gasteiger partial charge < -0.3 is 14.8 Å². The van der Waals surface area contributed by atoms with Gasteiger partial charge in [-0.3, -0.25) is 0 Å². The highest BCUT2D eigenvalue weighted by Gasteiger charge is 2.00. The molecule has 7 heteroatoms. The summed E-state index contributed by atoms with van der Waals surface area (Å²) in [6.07, 6.45) is -0.616. The minimum atomic E-state index is -0.616. The maximum Gasteiger partial charge on any atom is 0.0952 e. The van der Waals surface area contributed by atoms with Gasteiger partial charge >= 0.3 is 0 Å². The third-order valence-electron chi connectivity index (χ3n) is 0.752. The molecule has 0 bridgehead atoms. The van der Waals surface area contributed by atoms with Gasteiger partial charge in [0.25, 0.3) is 0 Å². The van der Waals surface area contributed by atoms with Crippen molar-refractivity contribution in [1.29, 1.82) is 0 Å². The van der Waals surface area contributed by atoms with E-state index in [-0.39, 0.29) is 31.4 Å². The molecule has 0 aromatic rings. The van der Waals surface area contributed by atoms with Crippen molar-refractivity contribution in [1.82, 2.24) is 5.48 Å². The second-order valence-electron chi connectivity index (χ2n) is 1.54. The molecule has 0 saturated heterocycles. The van der Waals surface area contributed by atoms with Crippen LogP contribution in [0, 0.1) is 0 Å². The predicted octanol–water partition coefficient (Wildman–Crippen LogP) is -0.768. The molecule has 72 valence electrons. The van der Waals surface area contributed by atoms with Gasteiger partial charge in [0.15, 0.2) is 0 Å². The molecule has 0 radical (unpaired) electrons. The van der Waals surface area contributed by atoms with Gasteiger partial charge in [0.05, 0.1) is 19.8 Å². The van der Waals surface area contributed by atoms with Crippen molar-refractivity contribution in [3.63, 3.8) is 0 Å². The molecule has 1 atom stereocenters. The summed E-state index contributed by atoms with van der Waals surface area (Å²) in [5.74, 6) is 4.67. The summed E-state index contributed by atoms with van der Waals surface area (Å²) in [5.41, 5.74) is 2.45. The van der Waals surface area contributed by atoms with Crippen molar-refractivity contribution < 1.29 is 14.8 Å². The molecule has 0 aliphatic heterocycles. The second kappa shape index (κ2) is 13.0. The first-order valence-corrected chi connectivity index (χ1v) is 2.56. The van der Waals surface area contributed by atoms with E-state index in [2.05, 4.69) is 21.1 Å². The normalized spacial score (nSPS) is 11.2. The summed E-state index contributed by atoms with van der Waals surface area (Å²) in [6, 6.07) is 0. The molecule has 0 saturated carbocycles. The first kappa shape index (κ1) is 17.5. The summed E-state index contributed by atoms with van der Waals surface area (Å²) in [4.78, 5) is 8.61. The zero-order chi connectivity index (χ0) is 7.11. The van der Waals surface area contributed by atoms with Crippen molar-refractivity contribution in [3.05, 3.63) is 0 Å². The van der Waals surface area contributed by atoms with Crippen molar-refractivity contribution in [2.24, 2.45) is 5.90 Å². The van der Waals surface area contributed by atoms with Gasteiger partial charge in [-0.15, -0.1) is 24.8 Å². The van der Waals surface area contributed by atoms with E-state index in [1.54, 1.807) is 0 Å². The Bertz CT molecular complexity index is 69.3. The Kier molecular flexibility index (Phi) is 20.6. The van der Waals surface area contributed by atoms with Crippen LogP contribution in [0.2, 0.25) is 0 Å². The van der Waals surface area contributed by atoms with Crippen LogP contribution in [0.25, 0.3) is 0 Å². The highest BCUT2D eigenvalue weighted by Crippen LogP contribution is 1.77. The summed E-state index contributed by atoms with van der Waals surface area (Å²) in [6.45, 7) is 0.421. The Morgan fingerprint density at radius 3 is 2.45 bits per heavy atom. The fourth-order valence-corrected chi connectivity index (χ4v) is 0.350. The molecule has 0 amide bonds. The zero-order valence-corrected chi connectivity index (χ0v) is 7.78. The number of nitrogens with two attached hydrogens (primary N) is 1. The average molecular weight is 209 g/mol. The number of rotatable bonds is 5. The quantitative estimate of drug-likeness (QED) is 0.518. The maximum absolute atomic E-state index is 8.83. The Morgan fingerprint density at radius 1 is 1.55 bits per heavy atom. The molecule has 4 N–H and O–H groups in total. The highest BCUT2D eigenvalue weighted by molar-refractivity contribution is 5.85. The van der Waals surface area contributed by atoms with Crippen molar-refractivity contribution in [2.75, 3.05) is 20.3 Å². The van der Waals surface area contributed by atoms with Crippen LogP contribution in [0.15, 0.2) is 0 Å². The molecule has 0 aliphatic carbocycles. The number of aliphatic hydroxyl groups excluding tert-OH is 1. The van der Waals surface area contributed by atoms with Gasteiger partial charge in [-0.05, 0) is 0 Å². The molecular formula is C4H14Cl2N2O3. The van der Waals surface area contributed by atoms with Crippen LogP contribution in [0.3, 0.4) is 0 Å². The van der Waals surface area contributed by atoms with E-state index in [1.165, 1.54) is 7.11 Å². The highest BCUT2D eigenvalue weighted by atomic mass is 35.5. The Morgan fingerprint density at radius 2 is 2.09 bits per heavy atom. The van der Waals surface area contributed by atoms with Crippen LogP contribution in [0.4, 0.5) is 0 Å². The van der Waals surface area contributed by atoms with E-state index in [0.29, 0.717) is 6.54 Å². The molecular weight excluding hydrogens is 195 g/mol. The van der Waals surface area contributed by atoms with Crippen molar-refractivity contribution >= 4 is 24.8 Å². The number of hydroxylamine groups is 1. The maximum atomic E-state index is 8.83. The van der Waals surface area contributed by atoms with E-state index < -0.39 is 6.10 Å². The minimum Gasteiger partial charge on any atom is -0.389 e. The van der Waals surface area contributed by atoms with Crippen molar-refractivity contribution in [2.45, 2.75) is 6.10 Å². The molecule has 11 heavy (non-hydrogen) atoms. The van der Waals surface area contributed by atoms with Gasteiger partial charge in [-0.1, -0.05) is 0 Å². The Labute approximate surface area is 78.0 Å². The van der Waals surface area contributed by atoms with Crippen LogP contribution < -0.4 is 11.4 Å². The van der Waals surface area contributed by atoms with Crippen LogP contribution in [0.1, 0.15) is 0 Å². The lowest BCUT2D eigenvalue weighted by atomic mass is 10.4. The van der Waals surface area contributed by atoms with Gasteiger partial charge in [-0.2, -0.15) is 0 Å². The van der Waals surface area contributed by atoms with Gasteiger partial charge in [0.2, 0.25) is 0 Å². The molecule has 0 aromatic heterocycles. The smallest absolute Gasteiger partial charge is 0.0952 e. The van der Waals surface area contributed by atoms with Gasteiger partial charge in [-0.25, -0.2) is 11.4 Å². The molecule has 1 unspecified atom stereocenters. The zero-order valence-electron chi connectivity index (χ0n) is 6.15. The number of halogens is 2. The number of hydrogen-bond donors (Lipinski definition) is 3. The summed E-state index contributed by atoms with van der Waals surface area (Å²) in [7, 11) is 1.47. The van der Waals surface area contributed by atoms with Crippen LogP contribution >= 0.6 is 24.8 Å².